The lowest BCUT2D eigenvalue weighted by molar-refractivity contribution is -0.133. The molecule has 10 heteroatoms. The lowest BCUT2D eigenvalue weighted by atomic mass is 9.66. The molecule has 30 heavy (non-hydrogen) atoms. The molecule has 0 radical (unpaired) electrons. The maximum Gasteiger partial charge on any atom is 0.223 e. The Kier molecular flexibility index (Phi) is 5.03. The molecule has 1 fully saturated rings. The van der Waals surface area contributed by atoms with E-state index >= 15 is 4.39 Å². The molecule has 2 aliphatic rings. The van der Waals surface area contributed by atoms with Gasteiger partial charge in [-0.1, -0.05) is 11.6 Å². The van der Waals surface area contributed by atoms with E-state index in [1.165, 1.54) is 24.3 Å². The van der Waals surface area contributed by atoms with Crippen LogP contribution in [0.5, 0.6) is 5.75 Å². The van der Waals surface area contributed by atoms with Gasteiger partial charge >= 0.3 is 0 Å². The third-order valence-corrected chi connectivity index (χ3v) is 8.89. The summed E-state index contributed by atoms with van der Waals surface area (Å²) >= 11 is 5.88. The first-order valence-electron chi connectivity index (χ1n) is 9.20. The highest BCUT2D eigenvalue weighted by molar-refractivity contribution is 7.92. The quantitative estimate of drug-likeness (QED) is 0.736. The van der Waals surface area contributed by atoms with E-state index in [2.05, 4.69) is 0 Å². The average Bonchev–Trinajstić information content (AvgIpc) is 2.70. The minimum Gasteiger partial charge on any atom is -0.490 e. The highest BCUT2D eigenvalue weighted by Gasteiger charge is 2.63. The number of nitrogens with two attached hydrogens (primary N) is 1. The van der Waals surface area contributed by atoms with E-state index in [-0.39, 0.29) is 17.7 Å². The van der Waals surface area contributed by atoms with Crippen molar-refractivity contribution in [2.75, 3.05) is 6.61 Å². The summed E-state index contributed by atoms with van der Waals surface area (Å²) in [6.07, 6.45) is -1.63. The van der Waals surface area contributed by atoms with Gasteiger partial charge in [-0.2, -0.15) is 0 Å². The van der Waals surface area contributed by atoms with Gasteiger partial charge in [-0.25, -0.2) is 17.2 Å². The molecule has 0 bridgehead atoms. The third kappa shape index (κ3) is 2.83. The van der Waals surface area contributed by atoms with Gasteiger partial charge < -0.3 is 15.6 Å². The molecule has 0 spiro atoms. The third-order valence-electron chi connectivity index (χ3n) is 6.08. The number of hydrogen-bond donors (Lipinski definition) is 2. The van der Waals surface area contributed by atoms with Crippen LogP contribution >= 0.6 is 11.6 Å². The Morgan fingerprint density at radius 3 is 2.43 bits per heavy atom. The van der Waals surface area contributed by atoms with E-state index in [4.69, 9.17) is 22.1 Å². The monoisotopic (exact) mass is 457 g/mol. The van der Waals surface area contributed by atoms with E-state index in [0.29, 0.717) is 5.02 Å². The van der Waals surface area contributed by atoms with Crippen molar-refractivity contribution in [1.29, 1.82) is 0 Å². The van der Waals surface area contributed by atoms with E-state index in [0.717, 1.165) is 12.1 Å². The van der Waals surface area contributed by atoms with E-state index < -0.39 is 68.0 Å². The molecule has 1 saturated carbocycles. The van der Waals surface area contributed by atoms with Crippen molar-refractivity contribution in [3.05, 3.63) is 58.6 Å². The second kappa shape index (κ2) is 7.18. The Labute approximate surface area is 176 Å². The summed E-state index contributed by atoms with van der Waals surface area (Å²) < 4.78 is 60.8. The predicted molar refractivity (Wildman–Crippen MR) is 104 cm³/mol. The molecule has 2 aromatic rings. The summed E-state index contributed by atoms with van der Waals surface area (Å²) in [4.78, 5) is 12.0. The van der Waals surface area contributed by atoms with Crippen LogP contribution in [0.15, 0.2) is 41.3 Å². The number of ether oxygens (including phenoxy) is 1. The SMILES string of the molecule is NC(=O)C1C(O)CCC2(S(=O)(=O)c3ccc(Cl)cc3)c3c(F)ccc(F)c3OCC12. The number of halogens is 3. The minimum atomic E-state index is -4.41. The van der Waals surface area contributed by atoms with Crippen LogP contribution in [0.2, 0.25) is 5.02 Å². The molecule has 6 nitrogen and oxygen atoms in total. The molecule has 1 aliphatic carbocycles. The van der Waals surface area contributed by atoms with Crippen molar-refractivity contribution >= 4 is 27.3 Å². The van der Waals surface area contributed by atoms with E-state index in [1.807, 2.05) is 0 Å². The Morgan fingerprint density at radius 2 is 1.80 bits per heavy atom. The lowest BCUT2D eigenvalue weighted by Gasteiger charge is -2.50. The van der Waals surface area contributed by atoms with Crippen LogP contribution in [0.25, 0.3) is 0 Å². The average molecular weight is 458 g/mol. The summed E-state index contributed by atoms with van der Waals surface area (Å²) in [5.74, 6) is -5.89. The van der Waals surface area contributed by atoms with Crippen molar-refractivity contribution < 1.29 is 31.8 Å². The number of sulfone groups is 1. The molecule has 2 aromatic carbocycles. The zero-order chi connectivity index (χ0) is 21.8. The van der Waals surface area contributed by atoms with Crippen LogP contribution in [-0.4, -0.2) is 32.1 Å². The molecule has 1 amide bonds. The molecule has 0 saturated heterocycles. The van der Waals surface area contributed by atoms with Gasteiger partial charge in [-0.15, -0.1) is 0 Å². The Bertz CT molecular complexity index is 1120. The van der Waals surface area contributed by atoms with Gasteiger partial charge in [0.25, 0.3) is 0 Å². The van der Waals surface area contributed by atoms with Crippen molar-refractivity contribution in [2.45, 2.75) is 28.6 Å². The van der Waals surface area contributed by atoms with Crippen molar-refractivity contribution in [3.8, 4) is 5.75 Å². The van der Waals surface area contributed by atoms with Crippen molar-refractivity contribution in [3.63, 3.8) is 0 Å². The largest absolute Gasteiger partial charge is 0.490 e. The summed E-state index contributed by atoms with van der Waals surface area (Å²) in [6.45, 7) is -0.426. The first-order valence-corrected chi connectivity index (χ1v) is 11.1. The topological polar surface area (TPSA) is 107 Å². The Hall–Kier alpha value is -2.23. The Balaban J connectivity index is 2.07. The molecule has 3 N–H and O–H groups in total. The summed E-state index contributed by atoms with van der Waals surface area (Å²) in [7, 11) is -4.41. The second-order valence-electron chi connectivity index (χ2n) is 7.53. The first kappa shape index (κ1) is 21.0. The predicted octanol–water partition coefficient (Wildman–Crippen LogP) is 2.55. The van der Waals surface area contributed by atoms with Gasteiger partial charge in [-0.3, -0.25) is 4.79 Å². The number of aliphatic hydroxyl groups is 1. The molecular formula is C20H18ClF2NO5S. The summed E-state index contributed by atoms with van der Waals surface area (Å²) in [6, 6.07) is 6.93. The molecule has 4 unspecified atom stereocenters. The number of amides is 1. The van der Waals surface area contributed by atoms with Crippen molar-refractivity contribution in [2.24, 2.45) is 17.6 Å². The van der Waals surface area contributed by atoms with E-state index in [1.54, 1.807) is 0 Å². The van der Waals surface area contributed by atoms with Gasteiger partial charge in [0, 0.05) is 10.9 Å². The fourth-order valence-electron chi connectivity index (χ4n) is 4.76. The molecule has 4 atom stereocenters. The van der Waals surface area contributed by atoms with Crippen LogP contribution < -0.4 is 10.5 Å². The van der Waals surface area contributed by atoms with Gasteiger partial charge in [0.2, 0.25) is 5.91 Å². The zero-order valence-electron chi connectivity index (χ0n) is 15.5. The van der Waals surface area contributed by atoms with E-state index in [9.17, 15) is 22.7 Å². The molecular weight excluding hydrogens is 440 g/mol. The Morgan fingerprint density at radius 1 is 1.17 bits per heavy atom. The lowest BCUT2D eigenvalue weighted by Crippen LogP contribution is -2.60. The molecule has 1 heterocycles. The van der Waals surface area contributed by atoms with Crippen LogP contribution in [0.4, 0.5) is 8.78 Å². The molecule has 4 rings (SSSR count). The number of carbonyl (C=O) groups is 1. The molecule has 1 aliphatic heterocycles. The number of benzene rings is 2. The number of rotatable bonds is 3. The normalized spacial score (nSPS) is 28.2. The zero-order valence-corrected chi connectivity index (χ0v) is 17.1. The van der Waals surface area contributed by atoms with Crippen LogP contribution in [0.3, 0.4) is 0 Å². The highest BCUT2D eigenvalue weighted by atomic mass is 35.5. The smallest absolute Gasteiger partial charge is 0.223 e. The standard InChI is InChI=1S/C20H18ClF2NO5S/c21-10-1-3-11(4-2-10)30(27,28)20-8-7-15(25)16(19(24)26)12(20)9-29-18-14(23)6-5-13(22)17(18)20/h1-6,12,15-16,25H,7-9H2,(H2,24,26). The van der Waals surface area contributed by atoms with Crippen LogP contribution in [-0.2, 0) is 19.4 Å². The number of carbonyl (C=O) groups excluding carboxylic acids is 1. The fourth-order valence-corrected chi connectivity index (χ4v) is 7.26. The maximum absolute atomic E-state index is 15.1. The van der Waals surface area contributed by atoms with Gasteiger partial charge in [0.05, 0.1) is 29.1 Å². The maximum atomic E-state index is 15.1. The molecule has 0 aromatic heterocycles. The number of aliphatic hydroxyl groups excluding tert-OH is 1. The fraction of sp³-hybridized carbons (Fsp3) is 0.350. The number of fused-ring (bicyclic) bond motifs is 3. The van der Waals surface area contributed by atoms with Crippen molar-refractivity contribution in [1.82, 2.24) is 0 Å². The van der Waals surface area contributed by atoms with Crippen LogP contribution in [0, 0.1) is 23.5 Å². The van der Waals surface area contributed by atoms with Crippen LogP contribution in [0.1, 0.15) is 18.4 Å². The van der Waals surface area contributed by atoms with Gasteiger partial charge in [0.15, 0.2) is 21.4 Å². The number of primary amides is 1. The number of hydrogen-bond acceptors (Lipinski definition) is 5. The summed E-state index contributed by atoms with van der Waals surface area (Å²) in [5, 5.41) is 10.7. The second-order valence-corrected chi connectivity index (χ2v) is 10.2. The summed E-state index contributed by atoms with van der Waals surface area (Å²) in [5.41, 5.74) is 5.00. The first-order chi connectivity index (χ1) is 14.1. The van der Waals surface area contributed by atoms with Gasteiger partial charge in [-0.05, 0) is 49.2 Å². The highest BCUT2D eigenvalue weighted by Crippen LogP contribution is 2.58. The van der Waals surface area contributed by atoms with Gasteiger partial charge in [0.1, 0.15) is 10.6 Å². The minimum absolute atomic E-state index is 0.147. The molecule has 160 valence electrons.